The number of nitrogens with one attached hydrogen (secondary N) is 2. The van der Waals surface area contributed by atoms with Crippen LogP contribution < -0.4 is 5.32 Å². The van der Waals surface area contributed by atoms with E-state index in [0.29, 0.717) is 6.04 Å². The summed E-state index contributed by atoms with van der Waals surface area (Å²) in [6.45, 7) is 10.5. The van der Waals surface area contributed by atoms with Crippen molar-refractivity contribution < 1.29 is 0 Å². The maximum atomic E-state index is 4.21. The predicted octanol–water partition coefficient (Wildman–Crippen LogP) is 1.97. The van der Waals surface area contributed by atoms with E-state index in [1.807, 2.05) is 0 Å². The van der Waals surface area contributed by atoms with Crippen LogP contribution in [0.3, 0.4) is 0 Å². The fourth-order valence-corrected chi connectivity index (χ4v) is 3.03. The zero-order valence-electron chi connectivity index (χ0n) is 12.4. The Kier molecular flexibility index (Phi) is 5.34. The first-order valence-electron chi connectivity index (χ1n) is 7.54. The summed E-state index contributed by atoms with van der Waals surface area (Å²) in [5.74, 6) is 1.70. The Morgan fingerprint density at radius 2 is 2.16 bits per heavy atom. The third kappa shape index (κ3) is 4.01. The van der Waals surface area contributed by atoms with Crippen LogP contribution in [0.4, 0.5) is 0 Å². The number of piperidine rings is 1. The topological polar surface area (TPSA) is 56.8 Å². The van der Waals surface area contributed by atoms with Crippen molar-refractivity contribution in [1.82, 2.24) is 25.4 Å². The highest BCUT2D eigenvalue weighted by Crippen LogP contribution is 2.22. The molecule has 2 rings (SSSR count). The van der Waals surface area contributed by atoms with Crippen LogP contribution in [0.5, 0.6) is 0 Å². The van der Waals surface area contributed by atoms with Gasteiger partial charge in [0.15, 0.2) is 0 Å². The first kappa shape index (κ1) is 14.5. The van der Waals surface area contributed by atoms with E-state index in [1.54, 1.807) is 6.33 Å². The van der Waals surface area contributed by atoms with Gasteiger partial charge in [0, 0.05) is 6.04 Å². The molecule has 5 nitrogen and oxygen atoms in total. The van der Waals surface area contributed by atoms with Crippen molar-refractivity contribution >= 4 is 0 Å². The summed E-state index contributed by atoms with van der Waals surface area (Å²) in [6.07, 6.45) is 5.44. The highest BCUT2D eigenvalue weighted by Gasteiger charge is 2.24. The molecule has 0 saturated carbocycles. The third-order valence-electron chi connectivity index (χ3n) is 4.24. The van der Waals surface area contributed by atoms with E-state index in [2.05, 4.69) is 46.2 Å². The molecule has 1 saturated heterocycles. The van der Waals surface area contributed by atoms with Crippen LogP contribution in [0.25, 0.3) is 0 Å². The maximum Gasteiger partial charge on any atom is 0.141 e. The number of likely N-dealkylation sites (tertiary alicyclic amines) is 1. The van der Waals surface area contributed by atoms with Gasteiger partial charge in [-0.3, -0.25) is 5.10 Å². The summed E-state index contributed by atoms with van der Waals surface area (Å²) in [7, 11) is 0. The fourth-order valence-electron chi connectivity index (χ4n) is 3.03. The van der Waals surface area contributed by atoms with E-state index in [4.69, 9.17) is 0 Å². The minimum Gasteiger partial charge on any atom is -0.305 e. The Bertz CT molecular complexity index is 343. The van der Waals surface area contributed by atoms with Gasteiger partial charge in [0.1, 0.15) is 12.2 Å². The smallest absolute Gasteiger partial charge is 0.141 e. The van der Waals surface area contributed by atoms with E-state index >= 15 is 0 Å². The molecule has 1 aromatic heterocycles. The molecule has 2 unspecified atom stereocenters. The van der Waals surface area contributed by atoms with E-state index in [-0.39, 0.29) is 6.04 Å². The van der Waals surface area contributed by atoms with Gasteiger partial charge in [-0.25, -0.2) is 4.98 Å². The number of rotatable bonds is 6. The average molecular weight is 265 g/mol. The highest BCUT2D eigenvalue weighted by molar-refractivity contribution is 4.91. The summed E-state index contributed by atoms with van der Waals surface area (Å²) in [6, 6.07) is 0.773. The third-order valence-corrected chi connectivity index (χ3v) is 4.24. The largest absolute Gasteiger partial charge is 0.305 e. The highest BCUT2D eigenvalue weighted by atomic mass is 15.2. The molecule has 1 fully saturated rings. The van der Waals surface area contributed by atoms with E-state index in [9.17, 15) is 0 Å². The molecule has 19 heavy (non-hydrogen) atoms. The van der Waals surface area contributed by atoms with Gasteiger partial charge in [-0.2, -0.15) is 5.10 Å². The standard InChI is InChI=1S/C14H27N5/c1-4-7-19-8-5-13(6-9-19)11(2)17-12(3)14-15-10-16-18-14/h10-13,17H,4-9H2,1-3H3,(H,15,16,18). The normalized spacial score (nSPS) is 21.4. The molecule has 2 N–H and O–H groups in total. The number of nitrogens with zero attached hydrogens (tertiary/aromatic N) is 3. The lowest BCUT2D eigenvalue weighted by atomic mass is 9.90. The van der Waals surface area contributed by atoms with Gasteiger partial charge in [-0.1, -0.05) is 6.92 Å². The van der Waals surface area contributed by atoms with Gasteiger partial charge in [-0.15, -0.1) is 0 Å². The van der Waals surface area contributed by atoms with E-state index in [1.165, 1.54) is 38.9 Å². The van der Waals surface area contributed by atoms with Crippen molar-refractivity contribution in [3.05, 3.63) is 12.2 Å². The molecule has 5 heteroatoms. The molecule has 2 atom stereocenters. The van der Waals surface area contributed by atoms with Crippen LogP contribution >= 0.6 is 0 Å². The Balaban J connectivity index is 1.76. The van der Waals surface area contributed by atoms with Crippen LogP contribution in [0, 0.1) is 5.92 Å². The second-order valence-electron chi connectivity index (χ2n) is 5.73. The average Bonchev–Trinajstić information content (AvgIpc) is 2.94. The molecular weight excluding hydrogens is 238 g/mol. The van der Waals surface area contributed by atoms with Crippen LogP contribution in [0.1, 0.15) is 51.9 Å². The van der Waals surface area contributed by atoms with Crippen molar-refractivity contribution in [2.75, 3.05) is 19.6 Å². The Morgan fingerprint density at radius 1 is 1.42 bits per heavy atom. The molecule has 108 valence electrons. The Hall–Kier alpha value is -0.940. The van der Waals surface area contributed by atoms with Gasteiger partial charge >= 0.3 is 0 Å². The number of aromatic nitrogens is 3. The maximum absolute atomic E-state index is 4.21. The number of aromatic amines is 1. The quantitative estimate of drug-likeness (QED) is 0.825. The molecular formula is C14H27N5. The van der Waals surface area contributed by atoms with Crippen molar-refractivity contribution in [1.29, 1.82) is 0 Å². The van der Waals surface area contributed by atoms with Crippen molar-refractivity contribution in [2.24, 2.45) is 5.92 Å². The number of hydrogen-bond donors (Lipinski definition) is 2. The van der Waals surface area contributed by atoms with E-state index in [0.717, 1.165) is 11.7 Å². The second-order valence-corrected chi connectivity index (χ2v) is 5.73. The summed E-state index contributed by atoms with van der Waals surface area (Å²) < 4.78 is 0. The molecule has 2 heterocycles. The molecule has 0 aliphatic carbocycles. The lowest BCUT2D eigenvalue weighted by Crippen LogP contribution is -2.43. The van der Waals surface area contributed by atoms with Crippen molar-refractivity contribution in [3.63, 3.8) is 0 Å². The predicted molar refractivity (Wildman–Crippen MR) is 76.9 cm³/mol. The summed E-state index contributed by atoms with van der Waals surface area (Å²) >= 11 is 0. The van der Waals surface area contributed by atoms with Gasteiger partial charge in [0.2, 0.25) is 0 Å². The molecule has 0 spiro atoms. The SMILES string of the molecule is CCCN1CCC(C(C)NC(C)c2ncn[nH]2)CC1. The molecule has 0 radical (unpaired) electrons. The zero-order chi connectivity index (χ0) is 13.7. The van der Waals surface area contributed by atoms with Crippen LogP contribution in [-0.2, 0) is 0 Å². The number of hydrogen-bond acceptors (Lipinski definition) is 4. The van der Waals surface area contributed by atoms with Gasteiger partial charge in [-0.05, 0) is 58.7 Å². The van der Waals surface area contributed by atoms with Gasteiger partial charge < -0.3 is 10.2 Å². The summed E-state index contributed by atoms with van der Waals surface area (Å²) in [4.78, 5) is 6.80. The molecule has 0 aromatic carbocycles. The first-order chi connectivity index (χ1) is 9.20. The van der Waals surface area contributed by atoms with Crippen LogP contribution in [0.15, 0.2) is 6.33 Å². The van der Waals surface area contributed by atoms with Crippen LogP contribution in [-0.4, -0.2) is 45.8 Å². The Labute approximate surface area is 116 Å². The van der Waals surface area contributed by atoms with E-state index < -0.39 is 0 Å². The fraction of sp³-hybridized carbons (Fsp3) is 0.857. The monoisotopic (exact) mass is 265 g/mol. The Morgan fingerprint density at radius 3 is 2.74 bits per heavy atom. The summed E-state index contributed by atoms with van der Waals surface area (Å²) in [5, 5.41) is 10.5. The molecule has 1 aliphatic heterocycles. The number of H-pyrrole nitrogens is 1. The minimum absolute atomic E-state index is 0.242. The van der Waals surface area contributed by atoms with Gasteiger partial charge in [0.05, 0.1) is 6.04 Å². The molecule has 0 amide bonds. The molecule has 0 bridgehead atoms. The van der Waals surface area contributed by atoms with Crippen LogP contribution in [0.2, 0.25) is 0 Å². The molecule has 1 aromatic rings. The van der Waals surface area contributed by atoms with Crippen molar-refractivity contribution in [3.8, 4) is 0 Å². The minimum atomic E-state index is 0.242. The van der Waals surface area contributed by atoms with Crippen molar-refractivity contribution in [2.45, 2.75) is 52.1 Å². The summed E-state index contributed by atoms with van der Waals surface area (Å²) in [5.41, 5.74) is 0. The molecule has 1 aliphatic rings. The first-order valence-corrected chi connectivity index (χ1v) is 7.54. The zero-order valence-corrected chi connectivity index (χ0v) is 12.4. The lowest BCUT2D eigenvalue weighted by molar-refractivity contribution is 0.159. The second kappa shape index (κ2) is 7.01. The lowest BCUT2D eigenvalue weighted by Gasteiger charge is -2.35. The van der Waals surface area contributed by atoms with Gasteiger partial charge in [0.25, 0.3) is 0 Å².